The fourth-order valence-electron chi connectivity index (χ4n) is 3.73. The second kappa shape index (κ2) is 9.83. The van der Waals surface area contributed by atoms with Crippen LogP contribution in [0.2, 0.25) is 0 Å². The Kier molecular flexibility index (Phi) is 7.36. The predicted molar refractivity (Wildman–Crippen MR) is 125 cm³/mol. The Balaban J connectivity index is 1.73. The highest BCUT2D eigenvalue weighted by Gasteiger charge is 2.30. The monoisotopic (exact) mass is 457 g/mol. The molecule has 0 fully saturated rings. The van der Waals surface area contributed by atoms with Gasteiger partial charge in [-0.3, -0.25) is 9.59 Å². The molecule has 1 atom stereocenters. The van der Waals surface area contributed by atoms with E-state index in [4.69, 9.17) is 0 Å². The number of nitrogens with one attached hydrogen (secondary N) is 2. The van der Waals surface area contributed by atoms with E-state index in [-0.39, 0.29) is 22.6 Å². The van der Waals surface area contributed by atoms with Gasteiger partial charge in [0.2, 0.25) is 21.8 Å². The third kappa shape index (κ3) is 5.37. The lowest BCUT2D eigenvalue weighted by molar-refractivity contribution is -0.123. The van der Waals surface area contributed by atoms with Crippen molar-refractivity contribution >= 4 is 27.5 Å². The van der Waals surface area contributed by atoms with Crippen molar-refractivity contribution in [2.24, 2.45) is 5.92 Å². The summed E-state index contributed by atoms with van der Waals surface area (Å²) in [5, 5.41) is 2.83. The highest BCUT2D eigenvalue weighted by molar-refractivity contribution is 7.89. The minimum absolute atomic E-state index is 0.0163. The summed E-state index contributed by atoms with van der Waals surface area (Å²) >= 11 is 0. The fourth-order valence-corrected chi connectivity index (χ4v) is 5.12. The van der Waals surface area contributed by atoms with Crippen molar-refractivity contribution in [3.63, 3.8) is 0 Å². The molecular formula is C24H31N3O4S. The van der Waals surface area contributed by atoms with E-state index >= 15 is 0 Å². The standard InChI is InChI=1S/C24H31N3O4S/c1-5-22(28)27-13-12-19-14-20(10-11-21(19)27)32(30,31)26-23(16(2)3)24(29)25-15-18-8-6-17(4)7-9-18/h6-11,14,16,23,26H,5,12-13,15H2,1-4H3,(H,25,29)/t23-/m1/s1. The largest absolute Gasteiger partial charge is 0.351 e. The van der Waals surface area contributed by atoms with Crippen molar-refractivity contribution < 1.29 is 18.0 Å². The summed E-state index contributed by atoms with van der Waals surface area (Å²) < 4.78 is 28.7. The van der Waals surface area contributed by atoms with E-state index < -0.39 is 16.1 Å². The molecule has 0 radical (unpaired) electrons. The Morgan fingerprint density at radius 3 is 2.41 bits per heavy atom. The number of sulfonamides is 1. The van der Waals surface area contributed by atoms with Crippen molar-refractivity contribution in [1.82, 2.24) is 10.0 Å². The summed E-state index contributed by atoms with van der Waals surface area (Å²) in [6.07, 6.45) is 1.00. The molecule has 2 aromatic carbocycles. The molecule has 0 bridgehead atoms. The minimum Gasteiger partial charge on any atom is -0.351 e. The Hall–Kier alpha value is -2.71. The van der Waals surface area contributed by atoms with Gasteiger partial charge >= 0.3 is 0 Å². The van der Waals surface area contributed by atoms with Gasteiger partial charge in [-0.2, -0.15) is 4.72 Å². The molecule has 0 unspecified atom stereocenters. The van der Waals surface area contributed by atoms with Gasteiger partial charge in [-0.05, 0) is 48.6 Å². The molecule has 1 heterocycles. The molecule has 1 aliphatic heterocycles. The SMILES string of the molecule is CCC(=O)N1CCc2cc(S(=O)(=O)N[C@@H](C(=O)NCc3ccc(C)cc3)C(C)C)ccc21. The molecule has 7 nitrogen and oxygen atoms in total. The Labute approximate surface area is 190 Å². The quantitative estimate of drug-likeness (QED) is 0.637. The van der Waals surface area contributed by atoms with Crippen LogP contribution in [-0.2, 0) is 32.6 Å². The van der Waals surface area contributed by atoms with Crippen LogP contribution in [0.5, 0.6) is 0 Å². The van der Waals surface area contributed by atoms with Gasteiger partial charge in [0.25, 0.3) is 0 Å². The van der Waals surface area contributed by atoms with Crippen molar-refractivity contribution in [1.29, 1.82) is 0 Å². The summed E-state index contributed by atoms with van der Waals surface area (Å²) in [6, 6.07) is 11.7. The highest BCUT2D eigenvalue weighted by atomic mass is 32.2. The first-order valence-corrected chi connectivity index (χ1v) is 12.4. The van der Waals surface area contributed by atoms with E-state index in [1.54, 1.807) is 37.8 Å². The summed E-state index contributed by atoms with van der Waals surface area (Å²) in [6.45, 7) is 8.27. The molecule has 2 aromatic rings. The first-order valence-electron chi connectivity index (χ1n) is 10.9. The summed E-state index contributed by atoms with van der Waals surface area (Å²) in [5.74, 6) is -0.595. The van der Waals surface area contributed by atoms with Crippen LogP contribution in [-0.4, -0.2) is 32.8 Å². The lowest BCUT2D eigenvalue weighted by Gasteiger charge is -2.22. The van der Waals surface area contributed by atoms with E-state index in [1.165, 1.54) is 6.07 Å². The van der Waals surface area contributed by atoms with Gasteiger partial charge in [-0.15, -0.1) is 0 Å². The maximum absolute atomic E-state index is 13.1. The number of rotatable bonds is 8. The minimum atomic E-state index is -3.92. The molecule has 1 aliphatic rings. The van der Waals surface area contributed by atoms with Crippen LogP contribution in [0, 0.1) is 12.8 Å². The summed E-state index contributed by atoms with van der Waals surface area (Å²) in [4.78, 5) is 26.7. The number of aryl methyl sites for hydroxylation is 1. The highest BCUT2D eigenvalue weighted by Crippen LogP contribution is 2.30. The first-order chi connectivity index (χ1) is 15.1. The number of carbonyl (C=O) groups is 2. The number of hydrogen-bond donors (Lipinski definition) is 2. The van der Waals surface area contributed by atoms with Crippen molar-refractivity contribution in [2.45, 2.75) is 58.0 Å². The molecule has 32 heavy (non-hydrogen) atoms. The average molecular weight is 458 g/mol. The normalized spacial score (nSPS) is 14.3. The van der Waals surface area contributed by atoms with Crippen LogP contribution in [0.4, 0.5) is 5.69 Å². The van der Waals surface area contributed by atoms with Crippen LogP contribution < -0.4 is 14.9 Å². The van der Waals surface area contributed by atoms with Crippen LogP contribution in [0.3, 0.4) is 0 Å². The Morgan fingerprint density at radius 2 is 1.78 bits per heavy atom. The van der Waals surface area contributed by atoms with Gasteiger partial charge in [0, 0.05) is 25.2 Å². The molecule has 2 amide bonds. The Bertz CT molecular complexity index is 1090. The first kappa shape index (κ1) is 23.9. The fraction of sp³-hybridized carbons (Fsp3) is 0.417. The third-order valence-electron chi connectivity index (χ3n) is 5.68. The molecule has 0 saturated carbocycles. The number of fused-ring (bicyclic) bond motifs is 1. The molecule has 0 saturated heterocycles. The zero-order valence-electron chi connectivity index (χ0n) is 19.0. The lowest BCUT2D eigenvalue weighted by atomic mass is 10.0. The van der Waals surface area contributed by atoms with Gasteiger partial charge < -0.3 is 10.2 Å². The maximum atomic E-state index is 13.1. The molecule has 0 aromatic heterocycles. The molecule has 0 spiro atoms. The second-order valence-electron chi connectivity index (χ2n) is 8.49. The van der Waals surface area contributed by atoms with E-state index in [0.717, 1.165) is 22.4 Å². The van der Waals surface area contributed by atoms with Crippen molar-refractivity contribution in [3.8, 4) is 0 Å². The third-order valence-corrected chi connectivity index (χ3v) is 7.12. The number of benzene rings is 2. The van der Waals surface area contributed by atoms with Crippen molar-refractivity contribution in [3.05, 3.63) is 59.2 Å². The second-order valence-corrected chi connectivity index (χ2v) is 10.2. The van der Waals surface area contributed by atoms with Crippen LogP contribution >= 0.6 is 0 Å². The number of amides is 2. The molecular weight excluding hydrogens is 426 g/mol. The molecule has 3 rings (SSSR count). The molecule has 172 valence electrons. The smallest absolute Gasteiger partial charge is 0.241 e. The molecule has 8 heteroatoms. The van der Waals surface area contributed by atoms with Crippen LogP contribution in [0.1, 0.15) is 43.9 Å². The molecule has 2 N–H and O–H groups in total. The van der Waals surface area contributed by atoms with E-state index in [1.807, 2.05) is 31.2 Å². The van der Waals surface area contributed by atoms with Crippen molar-refractivity contribution in [2.75, 3.05) is 11.4 Å². The van der Waals surface area contributed by atoms with Gasteiger partial charge in [0.15, 0.2) is 0 Å². The van der Waals surface area contributed by atoms with Gasteiger partial charge in [-0.1, -0.05) is 50.6 Å². The maximum Gasteiger partial charge on any atom is 0.241 e. The summed E-state index contributed by atoms with van der Waals surface area (Å²) in [7, 11) is -3.92. The average Bonchev–Trinajstić information content (AvgIpc) is 3.19. The van der Waals surface area contributed by atoms with Gasteiger partial charge in [0.1, 0.15) is 6.04 Å². The number of nitrogens with zero attached hydrogens (tertiary/aromatic N) is 1. The predicted octanol–water partition coefficient (Wildman–Crippen LogP) is 2.91. The number of hydrogen-bond acceptors (Lipinski definition) is 4. The molecule has 0 aliphatic carbocycles. The lowest BCUT2D eigenvalue weighted by Crippen LogP contribution is -2.49. The van der Waals surface area contributed by atoms with E-state index in [9.17, 15) is 18.0 Å². The van der Waals surface area contributed by atoms with Gasteiger partial charge in [-0.25, -0.2) is 8.42 Å². The number of carbonyl (C=O) groups excluding carboxylic acids is 2. The van der Waals surface area contributed by atoms with E-state index in [2.05, 4.69) is 10.0 Å². The van der Waals surface area contributed by atoms with E-state index in [0.29, 0.717) is 25.9 Å². The number of anilines is 1. The van der Waals surface area contributed by atoms with Crippen LogP contribution in [0.25, 0.3) is 0 Å². The van der Waals surface area contributed by atoms with Crippen LogP contribution in [0.15, 0.2) is 47.4 Å². The van der Waals surface area contributed by atoms with Gasteiger partial charge in [0.05, 0.1) is 4.90 Å². The zero-order valence-corrected chi connectivity index (χ0v) is 19.8. The Morgan fingerprint density at radius 1 is 1.09 bits per heavy atom. The topological polar surface area (TPSA) is 95.6 Å². The summed E-state index contributed by atoms with van der Waals surface area (Å²) in [5.41, 5.74) is 3.65. The zero-order chi connectivity index (χ0) is 23.5.